The average Bonchev–Trinajstić information content (AvgIpc) is 2.80. The summed E-state index contributed by atoms with van der Waals surface area (Å²) in [4.78, 5) is 5.05. The van der Waals surface area contributed by atoms with E-state index in [4.69, 9.17) is 11.6 Å². The summed E-state index contributed by atoms with van der Waals surface area (Å²) in [7, 11) is 2.21. The molecule has 1 saturated heterocycles. The molecule has 0 radical (unpaired) electrons. The maximum absolute atomic E-state index is 9.45. The van der Waals surface area contributed by atoms with Crippen LogP contribution in [-0.4, -0.2) is 42.0 Å². The fourth-order valence-corrected chi connectivity index (χ4v) is 5.19. The van der Waals surface area contributed by atoms with Crippen LogP contribution in [0.15, 0.2) is 66.8 Å². The molecule has 0 bridgehead atoms. The van der Waals surface area contributed by atoms with Crippen LogP contribution in [0.25, 0.3) is 5.57 Å². The van der Waals surface area contributed by atoms with E-state index < -0.39 is 5.41 Å². The zero-order valence-electron chi connectivity index (χ0n) is 20.0. The van der Waals surface area contributed by atoms with Gasteiger partial charge in [0, 0.05) is 36.7 Å². The molecule has 0 saturated carbocycles. The zero-order valence-corrected chi connectivity index (χ0v) is 20.8. The highest BCUT2D eigenvalue weighted by Crippen LogP contribution is 2.36. The fourth-order valence-electron chi connectivity index (χ4n) is 5.07. The third-order valence-electron chi connectivity index (χ3n) is 7.23. The SMILES string of the molecule is CN(Cc1ccc(Cl)cc1)CC1(C)CCN1CCc1ccc(C2=CC=CC(C)(C#N)C2)cc1. The van der Waals surface area contributed by atoms with Crippen molar-refractivity contribution in [3.05, 3.63) is 88.5 Å². The molecule has 1 aliphatic carbocycles. The van der Waals surface area contributed by atoms with Crippen molar-refractivity contribution in [3.63, 3.8) is 0 Å². The number of likely N-dealkylation sites (tertiary alicyclic amines) is 1. The van der Waals surface area contributed by atoms with Crippen LogP contribution in [0.3, 0.4) is 0 Å². The third-order valence-corrected chi connectivity index (χ3v) is 7.48. The Morgan fingerprint density at radius 1 is 1.06 bits per heavy atom. The van der Waals surface area contributed by atoms with E-state index in [1.165, 1.54) is 35.2 Å². The third kappa shape index (κ3) is 5.76. The minimum absolute atomic E-state index is 0.238. The number of hydrogen-bond donors (Lipinski definition) is 0. The lowest BCUT2D eigenvalue weighted by molar-refractivity contribution is -0.0213. The lowest BCUT2D eigenvalue weighted by atomic mass is 9.79. The normalized spacial score (nSPS) is 24.9. The Kier molecular flexibility index (Phi) is 7.10. The molecular formula is C29H34ClN3. The van der Waals surface area contributed by atoms with Gasteiger partial charge in [-0.25, -0.2) is 0 Å². The highest BCUT2D eigenvalue weighted by atomic mass is 35.5. The second-order valence-electron chi connectivity index (χ2n) is 10.2. The Balaban J connectivity index is 1.29. The van der Waals surface area contributed by atoms with Crippen LogP contribution in [0.2, 0.25) is 5.02 Å². The first-order valence-corrected chi connectivity index (χ1v) is 12.2. The fraction of sp³-hybridized carbons (Fsp3) is 0.414. The molecule has 1 fully saturated rings. The molecular weight excluding hydrogens is 426 g/mol. The molecule has 2 aromatic carbocycles. The van der Waals surface area contributed by atoms with Gasteiger partial charge in [-0.15, -0.1) is 0 Å². The summed E-state index contributed by atoms with van der Waals surface area (Å²) >= 11 is 6.02. The number of nitriles is 1. The zero-order chi connectivity index (χ0) is 23.5. The largest absolute Gasteiger partial charge is 0.300 e. The summed E-state index contributed by atoms with van der Waals surface area (Å²) in [5.74, 6) is 0. The van der Waals surface area contributed by atoms with Gasteiger partial charge in [0.05, 0.1) is 11.5 Å². The first-order chi connectivity index (χ1) is 15.8. The van der Waals surface area contributed by atoms with E-state index in [0.717, 1.165) is 37.5 Å². The summed E-state index contributed by atoms with van der Waals surface area (Å²) in [6, 6.07) is 19.5. The van der Waals surface area contributed by atoms with Gasteiger partial charge in [-0.05, 0) is 74.6 Å². The number of nitrogens with zero attached hydrogens (tertiary/aromatic N) is 3. The van der Waals surface area contributed by atoms with Crippen LogP contribution in [0, 0.1) is 16.7 Å². The lowest BCUT2D eigenvalue weighted by Crippen LogP contribution is -2.62. The van der Waals surface area contributed by atoms with Crippen LogP contribution in [0.5, 0.6) is 0 Å². The van der Waals surface area contributed by atoms with E-state index in [1.807, 2.05) is 31.2 Å². The van der Waals surface area contributed by atoms with Crippen molar-refractivity contribution in [1.82, 2.24) is 9.80 Å². The van der Waals surface area contributed by atoms with Gasteiger partial charge in [-0.1, -0.05) is 66.2 Å². The number of benzene rings is 2. The van der Waals surface area contributed by atoms with E-state index in [9.17, 15) is 5.26 Å². The van der Waals surface area contributed by atoms with Crippen molar-refractivity contribution < 1.29 is 0 Å². The summed E-state index contributed by atoms with van der Waals surface area (Å²) in [6.45, 7) is 8.67. The maximum atomic E-state index is 9.45. The molecule has 2 atom stereocenters. The van der Waals surface area contributed by atoms with Crippen molar-refractivity contribution in [3.8, 4) is 6.07 Å². The minimum atomic E-state index is -0.397. The topological polar surface area (TPSA) is 30.3 Å². The second-order valence-corrected chi connectivity index (χ2v) is 10.7. The molecule has 0 aromatic heterocycles. The molecule has 0 N–H and O–H groups in total. The number of halogens is 1. The number of allylic oxidation sites excluding steroid dienone is 4. The van der Waals surface area contributed by atoms with Crippen molar-refractivity contribution in [2.75, 3.05) is 26.7 Å². The standard InChI is InChI=1S/C29H34ClN3/c1-28(21-31)15-4-5-26(19-28)25-10-6-23(7-11-25)14-17-33-18-16-29(33,2)22-32(3)20-24-8-12-27(30)13-9-24/h4-13,15H,14,16-20,22H2,1-3H3. The minimum Gasteiger partial charge on any atom is -0.300 e. The van der Waals surface area contributed by atoms with E-state index in [2.05, 4.69) is 72.3 Å². The molecule has 4 rings (SSSR count). The Labute approximate surface area is 204 Å². The smallest absolute Gasteiger partial charge is 0.0768 e. The van der Waals surface area contributed by atoms with Gasteiger partial charge in [-0.3, -0.25) is 4.90 Å². The number of rotatable bonds is 8. The molecule has 0 amide bonds. The van der Waals surface area contributed by atoms with Gasteiger partial charge in [0.1, 0.15) is 0 Å². The van der Waals surface area contributed by atoms with E-state index in [-0.39, 0.29) is 5.54 Å². The highest BCUT2D eigenvalue weighted by Gasteiger charge is 2.40. The van der Waals surface area contributed by atoms with Gasteiger partial charge in [0.15, 0.2) is 0 Å². The molecule has 1 heterocycles. The average molecular weight is 460 g/mol. The first-order valence-electron chi connectivity index (χ1n) is 11.9. The molecule has 4 heteroatoms. The quantitative estimate of drug-likeness (QED) is 0.460. The van der Waals surface area contributed by atoms with Gasteiger partial charge in [0.2, 0.25) is 0 Å². The lowest BCUT2D eigenvalue weighted by Gasteiger charge is -2.52. The molecule has 1 aliphatic heterocycles. The van der Waals surface area contributed by atoms with Gasteiger partial charge in [0.25, 0.3) is 0 Å². The Morgan fingerprint density at radius 2 is 1.76 bits per heavy atom. The van der Waals surface area contributed by atoms with E-state index >= 15 is 0 Å². The van der Waals surface area contributed by atoms with Gasteiger partial charge >= 0.3 is 0 Å². The van der Waals surface area contributed by atoms with E-state index in [0.29, 0.717) is 0 Å². The van der Waals surface area contributed by atoms with Gasteiger partial charge in [-0.2, -0.15) is 5.26 Å². The van der Waals surface area contributed by atoms with Crippen molar-refractivity contribution in [2.24, 2.45) is 5.41 Å². The van der Waals surface area contributed by atoms with Crippen molar-refractivity contribution >= 4 is 17.2 Å². The van der Waals surface area contributed by atoms with Gasteiger partial charge < -0.3 is 4.90 Å². The molecule has 33 heavy (non-hydrogen) atoms. The molecule has 2 unspecified atom stereocenters. The number of hydrogen-bond acceptors (Lipinski definition) is 3. The van der Waals surface area contributed by atoms with Crippen LogP contribution in [0.1, 0.15) is 43.4 Å². The first kappa shape index (κ1) is 23.8. The van der Waals surface area contributed by atoms with Crippen LogP contribution >= 0.6 is 11.6 Å². The summed E-state index contributed by atoms with van der Waals surface area (Å²) < 4.78 is 0. The summed E-state index contributed by atoms with van der Waals surface area (Å²) in [5.41, 5.74) is 4.98. The maximum Gasteiger partial charge on any atom is 0.0768 e. The predicted octanol–water partition coefficient (Wildman–Crippen LogP) is 6.35. The molecule has 2 aliphatic rings. The predicted molar refractivity (Wildman–Crippen MR) is 138 cm³/mol. The molecule has 172 valence electrons. The number of likely N-dealkylation sites (N-methyl/N-ethyl adjacent to an activating group) is 1. The molecule has 3 nitrogen and oxygen atoms in total. The molecule has 2 aromatic rings. The Morgan fingerprint density at radius 3 is 2.39 bits per heavy atom. The summed E-state index contributed by atoms with van der Waals surface area (Å²) in [6.07, 6.45) is 9.24. The summed E-state index contributed by atoms with van der Waals surface area (Å²) in [5, 5.41) is 10.2. The second kappa shape index (κ2) is 9.85. The van der Waals surface area contributed by atoms with Crippen molar-refractivity contribution in [1.29, 1.82) is 5.26 Å². The Hall–Kier alpha value is -2.38. The van der Waals surface area contributed by atoms with Crippen molar-refractivity contribution in [2.45, 2.75) is 45.2 Å². The monoisotopic (exact) mass is 459 g/mol. The van der Waals surface area contributed by atoms with Crippen LogP contribution in [0.4, 0.5) is 0 Å². The highest BCUT2D eigenvalue weighted by molar-refractivity contribution is 6.30. The molecule has 0 spiro atoms. The van der Waals surface area contributed by atoms with E-state index in [1.54, 1.807) is 0 Å². The van der Waals surface area contributed by atoms with Crippen LogP contribution < -0.4 is 0 Å². The Bertz CT molecular complexity index is 1060. The van der Waals surface area contributed by atoms with Crippen LogP contribution in [-0.2, 0) is 13.0 Å².